The average molecular weight is 431 g/mol. The minimum Gasteiger partial charge on any atom is -0.472 e. The Bertz CT molecular complexity index is 1200. The van der Waals surface area contributed by atoms with Crippen molar-refractivity contribution in [1.82, 2.24) is 19.9 Å². The Morgan fingerprint density at radius 2 is 2.13 bits per heavy atom. The topological polar surface area (TPSA) is 71.1 Å². The van der Waals surface area contributed by atoms with Gasteiger partial charge in [0.1, 0.15) is 18.1 Å². The van der Waals surface area contributed by atoms with E-state index < -0.39 is 0 Å². The number of aromatic amines is 1. The SMILES string of the molecule is O=C(/C=C/c1ccccc1)N1CCC[C@@H](Oc2ncnc3[nH]cc(-c4ccsc4)c23)C1. The molecule has 0 aliphatic carbocycles. The number of likely N-dealkylation sites (tertiary alicyclic amines) is 1. The summed E-state index contributed by atoms with van der Waals surface area (Å²) in [6, 6.07) is 11.9. The zero-order valence-corrected chi connectivity index (χ0v) is 17.7. The number of H-pyrrole nitrogens is 1. The summed E-state index contributed by atoms with van der Waals surface area (Å²) in [5.74, 6) is 0.567. The van der Waals surface area contributed by atoms with Crippen LogP contribution in [0.2, 0.25) is 0 Å². The molecule has 1 atom stereocenters. The fourth-order valence-electron chi connectivity index (χ4n) is 3.90. The predicted octanol–water partition coefficient (Wildman–Crippen LogP) is 4.77. The molecule has 1 fully saturated rings. The van der Waals surface area contributed by atoms with Gasteiger partial charge in [-0.3, -0.25) is 4.79 Å². The molecule has 1 N–H and O–H groups in total. The second-order valence-corrected chi connectivity index (χ2v) is 8.31. The summed E-state index contributed by atoms with van der Waals surface area (Å²) in [7, 11) is 0. The zero-order chi connectivity index (χ0) is 21.0. The Morgan fingerprint density at radius 1 is 1.23 bits per heavy atom. The lowest BCUT2D eigenvalue weighted by molar-refractivity contribution is -0.128. The van der Waals surface area contributed by atoms with Crippen molar-refractivity contribution in [2.75, 3.05) is 13.1 Å². The zero-order valence-electron chi connectivity index (χ0n) is 16.9. The molecule has 0 spiro atoms. The molecule has 4 heterocycles. The largest absolute Gasteiger partial charge is 0.472 e. The number of ether oxygens (including phenoxy) is 1. The summed E-state index contributed by atoms with van der Waals surface area (Å²) >= 11 is 1.65. The maximum absolute atomic E-state index is 12.7. The number of nitrogens with one attached hydrogen (secondary N) is 1. The van der Waals surface area contributed by atoms with Crippen LogP contribution in [0.4, 0.5) is 0 Å². The average Bonchev–Trinajstić information content (AvgIpc) is 3.49. The summed E-state index contributed by atoms with van der Waals surface area (Å²) in [4.78, 5) is 26.5. The van der Waals surface area contributed by atoms with Gasteiger partial charge >= 0.3 is 0 Å². The van der Waals surface area contributed by atoms with Crippen LogP contribution in [0, 0.1) is 0 Å². The molecule has 31 heavy (non-hydrogen) atoms. The quantitative estimate of drug-likeness (QED) is 0.463. The number of nitrogens with zero attached hydrogens (tertiary/aromatic N) is 3. The van der Waals surface area contributed by atoms with Crippen molar-refractivity contribution in [1.29, 1.82) is 0 Å². The number of piperidine rings is 1. The van der Waals surface area contributed by atoms with E-state index in [9.17, 15) is 4.79 Å². The number of aromatic nitrogens is 3. The van der Waals surface area contributed by atoms with Crippen LogP contribution in [-0.4, -0.2) is 45.0 Å². The standard InChI is InChI=1S/C24H22N4O2S/c29-21(9-8-17-5-2-1-3-6-17)28-11-4-7-19(14-28)30-24-22-20(18-10-12-31-15-18)13-25-23(22)26-16-27-24/h1-3,5-6,8-10,12-13,15-16,19H,4,7,11,14H2,(H,25,26,27)/b9-8+/t19-/m1/s1. The van der Waals surface area contributed by atoms with Crippen molar-refractivity contribution in [3.63, 3.8) is 0 Å². The first-order valence-electron chi connectivity index (χ1n) is 10.3. The Hall–Kier alpha value is -3.45. The van der Waals surface area contributed by atoms with E-state index in [0.29, 0.717) is 12.4 Å². The molecule has 5 rings (SSSR count). The van der Waals surface area contributed by atoms with E-state index in [1.165, 1.54) is 6.33 Å². The number of rotatable bonds is 5. The van der Waals surface area contributed by atoms with Gasteiger partial charge in [-0.2, -0.15) is 11.3 Å². The first-order chi connectivity index (χ1) is 15.3. The monoisotopic (exact) mass is 430 g/mol. The molecule has 7 heteroatoms. The van der Waals surface area contributed by atoms with Crippen LogP contribution < -0.4 is 4.74 Å². The number of fused-ring (bicyclic) bond motifs is 1. The molecule has 0 unspecified atom stereocenters. The van der Waals surface area contributed by atoms with Crippen LogP contribution in [-0.2, 0) is 4.79 Å². The van der Waals surface area contributed by atoms with E-state index in [1.54, 1.807) is 17.4 Å². The fraction of sp³-hybridized carbons (Fsp3) is 0.208. The van der Waals surface area contributed by atoms with Crippen LogP contribution in [0.15, 0.2) is 65.8 Å². The lowest BCUT2D eigenvalue weighted by atomic mass is 10.1. The van der Waals surface area contributed by atoms with Gasteiger partial charge in [0.25, 0.3) is 0 Å². The summed E-state index contributed by atoms with van der Waals surface area (Å²) in [5, 5.41) is 5.03. The number of hydrogen-bond acceptors (Lipinski definition) is 5. The summed E-state index contributed by atoms with van der Waals surface area (Å²) < 4.78 is 6.32. The molecule has 3 aromatic heterocycles. The molecule has 0 bridgehead atoms. The fourth-order valence-corrected chi connectivity index (χ4v) is 4.55. The van der Waals surface area contributed by atoms with Crippen LogP contribution in [0.3, 0.4) is 0 Å². The predicted molar refractivity (Wildman–Crippen MR) is 123 cm³/mol. The molecule has 156 valence electrons. The van der Waals surface area contributed by atoms with E-state index >= 15 is 0 Å². The second kappa shape index (κ2) is 8.73. The van der Waals surface area contributed by atoms with Gasteiger partial charge in [-0.1, -0.05) is 30.3 Å². The number of carbonyl (C=O) groups is 1. The Balaban J connectivity index is 1.33. The van der Waals surface area contributed by atoms with Crippen molar-refractivity contribution >= 4 is 34.4 Å². The molecule has 1 aromatic carbocycles. The molecule has 1 aliphatic rings. The minimum absolute atomic E-state index is 0.00518. The van der Waals surface area contributed by atoms with Crippen molar-refractivity contribution in [3.8, 4) is 17.0 Å². The van der Waals surface area contributed by atoms with Crippen LogP contribution in [0.25, 0.3) is 28.2 Å². The van der Waals surface area contributed by atoms with Gasteiger partial charge in [-0.05, 0) is 46.9 Å². The van der Waals surface area contributed by atoms with Gasteiger partial charge < -0.3 is 14.6 Å². The number of thiophene rings is 1. The number of benzene rings is 1. The molecule has 1 saturated heterocycles. The highest BCUT2D eigenvalue weighted by molar-refractivity contribution is 7.08. The Morgan fingerprint density at radius 3 is 2.97 bits per heavy atom. The number of amides is 1. The number of hydrogen-bond donors (Lipinski definition) is 1. The highest BCUT2D eigenvalue weighted by atomic mass is 32.1. The van der Waals surface area contributed by atoms with Crippen LogP contribution >= 0.6 is 11.3 Å². The van der Waals surface area contributed by atoms with Crippen molar-refractivity contribution < 1.29 is 9.53 Å². The summed E-state index contributed by atoms with van der Waals surface area (Å²) in [6.45, 7) is 1.28. The van der Waals surface area contributed by atoms with Gasteiger partial charge in [0.05, 0.1) is 11.9 Å². The third kappa shape index (κ3) is 4.22. The van der Waals surface area contributed by atoms with E-state index in [2.05, 4.69) is 26.4 Å². The van der Waals surface area contributed by atoms with E-state index in [0.717, 1.165) is 47.1 Å². The highest BCUT2D eigenvalue weighted by Gasteiger charge is 2.25. The lowest BCUT2D eigenvalue weighted by Crippen LogP contribution is -2.43. The van der Waals surface area contributed by atoms with E-state index in [4.69, 9.17) is 4.74 Å². The van der Waals surface area contributed by atoms with Crippen LogP contribution in [0.1, 0.15) is 18.4 Å². The summed E-state index contributed by atoms with van der Waals surface area (Å²) in [5.41, 5.74) is 3.90. The van der Waals surface area contributed by atoms with Gasteiger partial charge in [0.15, 0.2) is 0 Å². The minimum atomic E-state index is -0.105. The molecule has 6 nitrogen and oxygen atoms in total. The number of carbonyl (C=O) groups excluding carboxylic acids is 1. The van der Waals surface area contributed by atoms with Gasteiger partial charge in [-0.15, -0.1) is 0 Å². The second-order valence-electron chi connectivity index (χ2n) is 7.53. The lowest BCUT2D eigenvalue weighted by Gasteiger charge is -2.32. The molecule has 4 aromatic rings. The first-order valence-corrected chi connectivity index (χ1v) is 11.3. The summed E-state index contributed by atoms with van der Waals surface area (Å²) in [6.07, 6.45) is 8.63. The normalized spacial score (nSPS) is 16.8. The molecular weight excluding hydrogens is 408 g/mol. The van der Waals surface area contributed by atoms with Crippen molar-refractivity contribution in [2.45, 2.75) is 18.9 Å². The third-order valence-corrected chi connectivity index (χ3v) is 6.14. The Labute approximate surface area is 184 Å². The van der Waals surface area contributed by atoms with E-state index in [1.807, 2.05) is 52.9 Å². The van der Waals surface area contributed by atoms with Gasteiger partial charge in [0, 0.05) is 24.4 Å². The van der Waals surface area contributed by atoms with Crippen molar-refractivity contribution in [2.24, 2.45) is 0 Å². The molecular formula is C24H22N4O2S. The highest BCUT2D eigenvalue weighted by Crippen LogP contribution is 2.35. The van der Waals surface area contributed by atoms with Crippen molar-refractivity contribution in [3.05, 3.63) is 71.3 Å². The van der Waals surface area contributed by atoms with Gasteiger partial charge in [0.2, 0.25) is 11.8 Å². The molecule has 1 aliphatic heterocycles. The van der Waals surface area contributed by atoms with Crippen LogP contribution in [0.5, 0.6) is 5.88 Å². The molecule has 0 radical (unpaired) electrons. The smallest absolute Gasteiger partial charge is 0.246 e. The third-order valence-electron chi connectivity index (χ3n) is 5.45. The Kier molecular flexibility index (Phi) is 5.50. The van der Waals surface area contributed by atoms with Gasteiger partial charge in [-0.25, -0.2) is 9.97 Å². The maximum Gasteiger partial charge on any atom is 0.246 e. The molecule has 0 saturated carbocycles. The maximum atomic E-state index is 12.7. The first kappa shape index (κ1) is 19.5. The van der Waals surface area contributed by atoms with E-state index in [-0.39, 0.29) is 12.0 Å². The molecule has 1 amide bonds.